The first-order chi connectivity index (χ1) is 7.03. The molecule has 0 unspecified atom stereocenters. The molecule has 0 atom stereocenters. The number of nitrogens with zero attached hydrogens (tertiary/aromatic N) is 2. The third-order valence-electron chi connectivity index (χ3n) is 2.64. The SMILES string of the molecule is Cc1nc(C(C)(C)C)nc(C(C)(C)O)c1C. The molecule has 0 amide bonds. The van der Waals surface area contributed by atoms with Crippen LogP contribution in [-0.2, 0) is 11.0 Å². The van der Waals surface area contributed by atoms with Crippen LogP contribution in [0, 0.1) is 13.8 Å². The number of aryl methyl sites for hydroxylation is 1. The van der Waals surface area contributed by atoms with Crippen LogP contribution >= 0.6 is 0 Å². The van der Waals surface area contributed by atoms with Gasteiger partial charge < -0.3 is 5.11 Å². The molecule has 0 fully saturated rings. The van der Waals surface area contributed by atoms with Crippen LogP contribution in [0.25, 0.3) is 0 Å². The minimum atomic E-state index is -0.919. The summed E-state index contributed by atoms with van der Waals surface area (Å²) in [4.78, 5) is 9.01. The summed E-state index contributed by atoms with van der Waals surface area (Å²) in [6, 6.07) is 0. The van der Waals surface area contributed by atoms with Crippen molar-refractivity contribution in [3.05, 3.63) is 22.8 Å². The van der Waals surface area contributed by atoms with Gasteiger partial charge in [-0.2, -0.15) is 0 Å². The van der Waals surface area contributed by atoms with Crippen LogP contribution in [-0.4, -0.2) is 15.1 Å². The fraction of sp³-hybridized carbons (Fsp3) is 0.692. The summed E-state index contributed by atoms with van der Waals surface area (Å²) < 4.78 is 0. The molecule has 16 heavy (non-hydrogen) atoms. The number of rotatable bonds is 1. The van der Waals surface area contributed by atoms with E-state index in [1.54, 1.807) is 13.8 Å². The highest BCUT2D eigenvalue weighted by atomic mass is 16.3. The highest BCUT2D eigenvalue weighted by molar-refractivity contribution is 5.28. The lowest BCUT2D eigenvalue weighted by Gasteiger charge is -2.24. The molecule has 0 aliphatic carbocycles. The first-order valence-corrected chi connectivity index (χ1v) is 5.62. The fourth-order valence-corrected chi connectivity index (χ4v) is 1.56. The van der Waals surface area contributed by atoms with E-state index in [-0.39, 0.29) is 5.41 Å². The fourth-order valence-electron chi connectivity index (χ4n) is 1.56. The van der Waals surface area contributed by atoms with E-state index in [4.69, 9.17) is 0 Å². The van der Waals surface area contributed by atoms with Gasteiger partial charge in [0.2, 0.25) is 0 Å². The standard InChI is InChI=1S/C13H22N2O/c1-8-9(2)14-11(12(3,4)5)15-10(8)13(6,7)16/h16H,1-7H3. The molecular formula is C13H22N2O. The minimum absolute atomic E-state index is 0.0987. The van der Waals surface area contributed by atoms with Crippen LogP contribution in [0.3, 0.4) is 0 Å². The Hall–Kier alpha value is -0.960. The number of hydrogen-bond acceptors (Lipinski definition) is 3. The van der Waals surface area contributed by atoms with E-state index in [2.05, 4.69) is 30.7 Å². The van der Waals surface area contributed by atoms with Gasteiger partial charge in [0.05, 0.1) is 5.69 Å². The Labute approximate surface area is 97.9 Å². The molecular weight excluding hydrogens is 200 g/mol. The molecule has 1 aromatic heterocycles. The van der Waals surface area contributed by atoms with Crippen molar-refractivity contribution < 1.29 is 5.11 Å². The largest absolute Gasteiger partial charge is 0.384 e. The van der Waals surface area contributed by atoms with E-state index in [1.165, 1.54) is 0 Å². The molecule has 0 bridgehead atoms. The zero-order valence-corrected chi connectivity index (χ0v) is 11.3. The van der Waals surface area contributed by atoms with Crippen LogP contribution in [0.5, 0.6) is 0 Å². The van der Waals surface area contributed by atoms with E-state index < -0.39 is 5.60 Å². The molecule has 3 heteroatoms. The number of hydrogen-bond donors (Lipinski definition) is 1. The van der Waals surface area contributed by atoms with E-state index in [0.29, 0.717) is 0 Å². The molecule has 0 aromatic carbocycles. The summed E-state index contributed by atoms with van der Waals surface area (Å²) in [7, 11) is 0. The van der Waals surface area contributed by atoms with Gasteiger partial charge in [0.1, 0.15) is 11.4 Å². The molecule has 0 radical (unpaired) electrons. The first kappa shape index (κ1) is 13.1. The zero-order valence-electron chi connectivity index (χ0n) is 11.3. The summed E-state index contributed by atoms with van der Waals surface area (Å²) >= 11 is 0. The monoisotopic (exact) mass is 222 g/mol. The smallest absolute Gasteiger partial charge is 0.134 e. The third-order valence-corrected chi connectivity index (χ3v) is 2.64. The second-order valence-electron chi connectivity index (χ2n) is 5.92. The quantitative estimate of drug-likeness (QED) is 0.794. The van der Waals surface area contributed by atoms with Gasteiger partial charge in [-0.05, 0) is 33.3 Å². The maximum Gasteiger partial charge on any atom is 0.134 e. The zero-order chi connectivity index (χ0) is 12.7. The van der Waals surface area contributed by atoms with Gasteiger partial charge in [-0.25, -0.2) is 9.97 Å². The van der Waals surface area contributed by atoms with Crippen LogP contribution in [0.1, 0.15) is 57.4 Å². The average molecular weight is 222 g/mol. The molecule has 1 aromatic rings. The van der Waals surface area contributed by atoms with Crippen molar-refractivity contribution in [1.29, 1.82) is 0 Å². The Morgan fingerprint density at radius 2 is 1.44 bits per heavy atom. The molecule has 1 N–H and O–H groups in total. The van der Waals surface area contributed by atoms with Crippen molar-refractivity contribution >= 4 is 0 Å². The summed E-state index contributed by atoms with van der Waals surface area (Å²) in [6.45, 7) is 13.7. The van der Waals surface area contributed by atoms with Crippen molar-refractivity contribution in [1.82, 2.24) is 9.97 Å². The van der Waals surface area contributed by atoms with Gasteiger partial charge in [-0.15, -0.1) is 0 Å². The van der Waals surface area contributed by atoms with Crippen LogP contribution in [0.4, 0.5) is 0 Å². The number of aromatic nitrogens is 2. The summed E-state index contributed by atoms with van der Waals surface area (Å²) in [5.41, 5.74) is 1.62. The summed E-state index contributed by atoms with van der Waals surface area (Å²) in [5, 5.41) is 10.1. The van der Waals surface area contributed by atoms with Crippen LogP contribution < -0.4 is 0 Å². The van der Waals surface area contributed by atoms with Crippen molar-refractivity contribution in [2.75, 3.05) is 0 Å². The Kier molecular flexibility index (Phi) is 3.12. The van der Waals surface area contributed by atoms with Crippen LogP contribution in [0.15, 0.2) is 0 Å². The lowest BCUT2D eigenvalue weighted by atomic mass is 9.93. The predicted octanol–water partition coefficient (Wildman–Crippen LogP) is 2.62. The summed E-state index contributed by atoms with van der Waals surface area (Å²) in [5.74, 6) is 0.785. The van der Waals surface area contributed by atoms with E-state index >= 15 is 0 Å². The molecule has 0 aliphatic rings. The average Bonchev–Trinajstić information content (AvgIpc) is 2.05. The number of aliphatic hydroxyl groups is 1. The van der Waals surface area contributed by atoms with Crippen molar-refractivity contribution in [2.24, 2.45) is 0 Å². The van der Waals surface area contributed by atoms with Gasteiger partial charge in [0.15, 0.2) is 0 Å². The third kappa shape index (κ3) is 2.59. The topological polar surface area (TPSA) is 46.0 Å². The Balaban J connectivity index is 3.46. The molecule has 3 nitrogen and oxygen atoms in total. The normalized spacial score (nSPS) is 13.0. The molecule has 0 spiro atoms. The van der Waals surface area contributed by atoms with Gasteiger partial charge in [0.25, 0.3) is 0 Å². The molecule has 0 saturated carbocycles. The van der Waals surface area contributed by atoms with Crippen molar-refractivity contribution in [3.63, 3.8) is 0 Å². The second-order valence-corrected chi connectivity index (χ2v) is 5.92. The lowest BCUT2D eigenvalue weighted by molar-refractivity contribution is 0.0723. The lowest BCUT2D eigenvalue weighted by Crippen LogP contribution is -2.25. The van der Waals surface area contributed by atoms with Gasteiger partial charge >= 0.3 is 0 Å². The molecule has 90 valence electrons. The van der Waals surface area contributed by atoms with Gasteiger partial charge in [0, 0.05) is 11.1 Å². The van der Waals surface area contributed by atoms with Crippen molar-refractivity contribution in [3.8, 4) is 0 Å². The van der Waals surface area contributed by atoms with E-state index in [1.807, 2.05) is 13.8 Å². The molecule has 1 heterocycles. The van der Waals surface area contributed by atoms with E-state index in [0.717, 1.165) is 22.8 Å². The maximum absolute atomic E-state index is 10.1. The Bertz CT molecular complexity index is 398. The molecule has 0 saturated heterocycles. The van der Waals surface area contributed by atoms with Crippen LogP contribution in [0.2, 0.25) is 0 Å². The Morgan fingerprint density at radius 3 is 1.81 bits per heavy atom. The Morgan fingerprint density at radius 1 is 0.938 bits per heavy atom. The first-order valence-electron chi connectivity index (χ1n) is 5.62. The van der Waals surface area contributed by atoms with Crippen molar-refractivity contribution in [2.45, 2.75) is 59.5 Å². The van der Waals surface area contributed by atoms with Gasteiger partial charge in [-0.3, -0.25) is 0 Å². The predicted molar refractivity (Wildman–Crippen MR) is 65.5 cm³/mol. The second kappa shape index (κ2) is 3.81. The molecule has 1 rings (SSSR count). The minimum Gasteiger partial charge on any atom is -0.384 e. The van der Waals surface area contributed by atoms with E-state index in [9.17, 15) is 5.11 Å². The maximum atomic E-state index is 10.1. The van der Waals surface area contributed by atoms with Gasteiger partial charge in [-0.1, -0.05) is 20.8 Å². The molecule has 0 aliphatic heterocycles. The highest BCUT2D eigenvalue weighted by Gasteiger charge is 2.26. The summed E-state index contributed by atoms with van der Waals surface area (Å²) in [6.07, 6.45) is 0. The highest BCUT2D eigenvalue weighted by Crippen LogP contribution is 2.26.